The molecule has 0 saturated carbocycles. The van der Waals surface area contributed by atoms with E-state index in [9.17, 15) is 27.0 Å². The van der Waals surface area contributed by atoms with Crippen molar-refractivity contribution in [2.45, 2.75) is 17.0 Å². The van der Waals surface area contributed by atoms with Gasteiger partial charge < -0.3 is 10.2 Å². The van der Waals surface area contributed by atoms with Crippen LogP contribution in [0, 0.1) is 0 Å². The van der Waals surface area contributed by atoms with Gasteiger partial charge in [-0.2, -0.15) is 0 Å². The Labute approximate surface area is 146 Å². The van der Waals surface area contributed by atoms with Crippen LogP contribution in [-0.2, 0) is 19.9 Å². The number of nitrogens with zero attached hydrogens (tertiary/aromatic N) is 1. The van der Waals surface area contributed by atoms with E-state index in [2.05, 4.69) is 0 Å². The number of phenolic OH excluding ortho intramolecular Hbond substituents is 1. The zero-order valence-corrected chi connectivity index (χ0v) is 14.7. The van der Waals surface area contributed by atoms with Crippen LogP contribution < -0.4 is 4.31 Å². The number of phenols is 1. The lowest BCUT2D eigenvalue weighted by Gasteiger charge is -2.31. The lowest BCUT2D eigenvalue weighted by molar-refractivity contribution is 0.184. The van der Waals surface area contributed by atoms with Crippen molar-refractivity contribution in [1.29, 1.82) is 0 Å². The third-order valence-corrected chi connectivity index (χ3v) is 7.55. The van der Waals surface area contributed by atoms with Crippen molar-refractivity contribution < 1.29 is 27.0 Å². The summed E-state index contributed by atoms with van der Waals surface area (Å²) < 4.78 is 50.9. The molecule has 1 heterocycles. The van der Waals surface area contributed by atoms with Crippen LogP contribution in [0.1, 0.15) is 0 Å². The number of hydrogen-bond acceptors (Lipinski definition) is 6. The zero-order chi connectivity index (χ0) is 18.2. The van der Waals surface area contributed by atoms with Crippen molar-refractivity contribution in [1.82, 2.24) is 0 Å². The Bertz CT molecular complexity index is 973. The second-order valence-corrected chi connectivity index (χ2v) is 9.81. The minimum Gasteiger partial charge on any atom is -0.508 e. The summed E-state index contributed by atoms with van der Waals surface area (Å²) in [5.74, 6) is -1.16. The van der Waals surface area contributed by atoms with Gasteiger partial charge in [0.2, 0.25) is 0 Å². The lowest BCUT2D eigenvalue weighted by Crippen LogP contribution is -2.47. The maximum atomic E-state index is 13.1. The van der Waals surface area contributed by atoms with Crippen LogP contribution in [0.2, 0.25) is 0 Å². The molecule has 2 aromatic rings. The summed E-state index contributed by atoms with van der Waals surface area (Å²) in [4.78, 5) is -0.0326. The molecule has 9 heteroatoms. The smallest absolute Gasteiger partial charge is 0.264 e. The van der Waals surface area contributed by atoms with Gasteiger partial charge in [0, 0.05) is 6.07 Å². The van der Waals surface area contributed by atoms with Gasteiger partial charge in [-0.25, -0.2) is 16.8 Å². The van der Waals surface area contributed by atoms with Crippen LogP contribution in [0.25, 0.3) is 0 Å². The number of anilines is 1. The van der Waals surface area contributed by atoms with Crippen molar-refractivity contribution in [3.8, 4) is 5.75 Å². The molecule has 134 valence electrons. The number of aliphatic hydroxyl groups excluding tert-OH is 1. The number of aliphatic hydroxyl groups is 1. The number of benzene rings is 2. The second kappa shape index (κ2) is 6.32. The van der Waals surface area contributed by atoms with Gasteiger partial charge in [0.25, 0.3) is 10.0 Å². The molecule has 7 nitrogen and oxygen atoms in total. The minimum absolute atomic E-state index is 0.0326. The molecule has 0 aliphatic carbocycles. The second-order valence-electron chi connectivity index (χ2n) is 5.85. The van der Waals surface area contributed by atoms with Gasteiger partial charge in [0.1, 0.15) is 5.75 Å². The molecule has 0 amide bonds. The highest BCUT2D eigenvalue weighted by Crippen LogP contribution is 2.32. The molecule has 0 bridgehead atoms. The van der Waals surface area contributed by atoms with E-state index < -0.39 is 43.5 Å². The predicted octanol–water partition coefficient (Wildman–Crippen LogP) is 0.745. The van der Waals surface area contributed by atoms with Crippen LogP contribution >= 0.6 is 0 Å². The summed E-state index contributed by atoms with van der Waals surface area (Å²) in [6.45, 7) is 0. The van der Waals surface area contributed by atoms with Gasteiger partial charge in [0.15, 0.2) is 9.84 Å². The molecule has 0 aromatic heterocycles. The quantitative estimate of drug-likeness (QED) is 0.806. The molecule has 2 atom stereocenters. The largest absolute Gasteiger partial charge is 0.508 e. The Kier molecular flexibility index (Phi) is 4.48. The van der Waals surface area contributed by atoms with E-state index in [0.717, 1.165) is 4.31 Å². The number of rotatable bonds is 4. The Hall–Kier alpha value is -2.10. The Balaban J connectivity index is 2.17. The molecule has 0 radical (unpaired) electrons. The van der Waals surface area contributed by atoms with E-state index in [-0.39, 0.29) is 16.3 Å². The highest BCUT2D eigenvalue weighted by atomic mass is 32.2. The van der Waals surface area contributed by atoms with Gasteiger partial charge in [-0.1, -0.05) is 24.3 Å². The average molecular weight is 383 g/mol. The standard InChI is InChI=1S/C16H17NO6S2/c18-13-6-4-5-12(9-13)17(15-10-24(20,21)11-16(15)19)25(22,23)14-7-2-1-3-8-14/h1-9,15-16,18-19H,10-11H2/t15-,16+/m0/s1. The van der Waals surface area contributed by atoms with E-state index in [0.29, 0.717) is 0 Å². The number of sulfone groups is 1. The first kappa shape index (κ1) is 17.7. The summed E-state index contributed by atoms with van der Waals surface area (Å²) in [5.41, 5.74) is 0.0880. The van der Waals surface area contributed by atoms with Gasteiger partial charge in [-0.05, 0) is 24.3 Å². The maximum absolute atomic E-state index is 13.1. The molecule has 3 rings (SSSR count). The molecule has 1 saturated heterocycles. The molecule has 0 unspecified atom stereocenters. The van der Waals surface area contributed by atoms with Crippen LogP contribution in [0.3, 0.4) is 0 Å². The van der Waals surface area contributed by atoms with Crippen molar-refractivity contribution in [3.05, 3.63) is 54.6 Å². The highest BCUT2D eigenvalue weighted by Gasteiger charge is 2.45. The van der Waals surface area contributed by atoms with Crippen LogP contribution in [0.5, 0.6) is 5.75 Å². The van der Waals surface area contributed by atoms with Crippen LogP contribution in [0.4, 0.5) is 5.69 Å². The number of aromatic hydroxyl groups is 1. The highest BCUT2D eigenvalue weighted by molar-refractivity contribution is 7.93. The first-order valence-corrected chi connectivity index (χ1v) is 10.7. The average Bonchev–Trinajstić information content (AvgIpc) is 2.81. The summed E-state index contributed by atoms with van der Waals surface area (Å²) in [6, 6.07) is 11.9. The van der Waals surface area contributed by atoms with Gasteiger partial charge >= 0.3 is 0 Å². The monoisotopic (exact) mass is 383 g/mol. The van der Waals surface area contributed by atoms with Crippen molar-refractivity contribution in [3.63, 3.8) is 0 Å². The van der Waals surface area contributed by atoms with Crippen molar-refractivity contribution >= 4 is 25.5 Å². The predicted molar refractivity (Wildman–Crippen MR) is 92.7 cm³/mol. The fourth-order valence-corrected chi connectivity index (χ4v) is 6.43. The van der Waals surface area contributed by atoms with E-state index >= 15 is 0 Å². The van der Waals surface area contributed by atoms with Crippen molar-refractivity contribution in [2.24, 2.45) is 0 Å². The van der Waals surface area contributed by atoms with Crippen LogP contribution in [0.15, 0.2) is 59.5 Å². The third-order valence-electron chi connectivity index (χ3n) is 3.98. The molecule has 2 aromatic carbocycles. The summed E-state index contributed by atoms with van der Waals surface area (Å²) in [7, 11) is -7.71. The SMILES string of the molecule is O=S1(=O)C[C@@H](O)[C@@H](N(c2cccc(O)c2)S(=O)(=O)c2ccccc2)C1. The van der Waals surface area contributed by atoms with Crippen LogP contribution in [-0.4, -0.2) is 50.7 Å². The maximum Gasteiger partial charge on any atom is 0.264 e. The van der Waals surface area contributed by atoms with Gasteiger partial charge in [-0.15, -0.1) is 0 Å². The van der Waals surface area contributed by atoms with E-state index in [1.165, 1.54) is 36.4 Å². The normalized spacial score (nSPS) is 22.6. The molecular formula is C16H17NO6S2. The van der Waals surface area contributed by atoms with E-state index in [4.69, 9.17) is 0 Å². The number of sulfonamides is 1. The van der Waals surface area contributed by atoms with E-state index in [1.54, 1.807) is 18.2 Å². The Morgan fingerprint density at radius 1 is 1.00 bits per heavy atom. The molecule has 1 fully saturated rings. The fraction of sp³-hybridized carbons (Fsp3) is 0.250. The zero-order valence-electron chi connectivity index (χ0n) is 13.1. The molecule has 2 N–H and O–H groups in total. The molecule has 1 aliphatic heterocycles. The molecular weight excluding hydrogens is 366 g/mol. The third kappa shape index (κ3) is 3.48. The topological polar surface area (TPSA) is 112 Å². The molecule has 25 heavy (non-hydrogen) atoms. The summed E-state index contributed by atoms with van der Waals surface area (Å²) in [6.07, 6.45) is -1.36. The minimum atomic E-state index is -4.14. The van der Waals surface area contributed by atoms with Crippen molar-refractivity contribution in [2.75, 3.05) is 15.8 Å². The Morgan fingerprint density at radius 3 is 2.24 bits per heavy atom. The molecule has 0 spiro atoms. The summed E-state index contributed by atoms with van der Waals surface area (Å²) in [5, 5.41) is 19.9. The Morgan fingerprint density at radius 2 is 1.68 bits per heavy atom. The first-order valence-electron chi connectivity index (χ1n) is 7.48. The van der Waals surface area contributed by atoms with Gasteiger partial charge in [-0.3, -0.25) is 4.31 Å². The molecule has 1 aliphatic rings. The number of hydrogen-bond donors (Lipinski definition) is 2. The van der Waals surface area contributed by atoms with E-state index in [1.807, 2.05) is 0 Å². The van der Waals surface area contributed by atoms with Gasteiger partial charge in [0.05, 0.1) is 34.2 Å². The summed E-state index contributed by atoms with van der Waals surface area (Å²) >= 11 is 0. The lowest BCUT2D eigenvalue weighted by atomic mass is 10.2. The fourth-order valence-electron chi connectivity index (χ4n) is 2.88. The first-order chi connectivity index (χ1) is 11.7.